The molecule has 2 nitrogen and oxygen atoms in total. The Hall–Kier alpha value is -1.32. The molecule has 0 N–H and O–H groups in total. The summed E-state index contributed by atoms with van der Waals surface area (Å²) in [5.41, 5.74) is 0.185. The van der Waals surface area contributed by atoms with E-state index in [1.165, 1.54) is 7.05 Å². The fourth-order valence-electron chi connectivity index (χ4n) is 0.712. The van der Waals surface area contributed by atoms with Crippen molar-refractivity contribution in [2.24, 2.45) is 10.2 Å². The lowest BCUT2D eigenvalue weighted by molar-refractivity contribution is 0.583. The highest BCUT2D eigenvalue weighted by Gasteiger charge is 1.97. The summed E-state index contributed by atoms with van der Waals surface area (Å²) < 4.78 is 24.8. The Morgan fingerprint density at radius 3 is 2.09 bits per heavy atom. The summed E-state index contributed by atoms with van der Waals surface area (Å²) in [6.45, 7) is 0. The number of halogens is 2. The molecule has 11 heavy (non-hydrogen) atoms. The first-order chi connectivity index (χ1) is 5.22. The van der Waals surface area contributed by atoms with Gasteiger partial charge in [0.25, 0.3) is 0 Å². The van der Waals surface area contributed by atoms with E-state index in [0.29, 0.717) is 0 Å². The molecule has 0 heterocycles. The molecule has 0 amide bonds. The lowest BCUT2D eigenvalue weighted by Crippen LogP contribution is -1.76. The molecule has 1 aromatic rings. The van der Waals surface area contributed by atoms with Crippen molar-refractivity contribution in [3.63, 3.8) is 0 Å². The third kappa shape index (κ3) is 2.07. The van der Waals surface area contributed by atoms with Gasteiger partial charge in [-0.3, -0.25) is 0 Å². The minimum Gasteiger partial charge on any atom is -0.207 e. The van der Waals surface area contributed by atoms with Crippen LogP contribution in [0.1, 0.15) is 0 Å². The second kappa shape index (κ2) is 3.18. The van der Waals surface area contributed by atoms with Gasteiger partial charge in [0.1, 0.15) is 11.6 Å². The third-order valence-electron chi connectivity index (χ3n) is 1.06. The number of nitrogens with zero attached hydrogens (tertiary/aromatic N) is 2. The van der Waals surface area contributed by atoms with E-state index in [-0.39, 0.29) is 5.69 Å². The maximum absolute atomic E-state index is 12.4. The number of benzene rings is 1. The van der Waals surface area contributed by atoms with Crippen LogP contribution in [0.15, 0.2) is 28.4 Å². The first-order valence-electron chi connectivity index (χ1n) is 2.98. The molecule has 0 bridgehead atoms. The zero-order chi connectivity index (χ0) is 8.27. The van der Waals surface area contributed by atoms with Gasteiger partial charge in [0.05, 0.1) is 5.69 Å². The van der Waals surface area contributed by atoms with Gasteiger partial charge in [0.2, 0.25) is 0 Å². The van der Waals surface area contributed by atoms with E-state index in [0.717, 1.165) is 18.2 Å². The van der Waals surface area contributed by atoms with Crippen LogP contribution in [0.4, 0.5) is 14.5 Å². The molecule has 0 saturated heterocycles. The van der Waals surface area contributed by atoms with Crippen molar-refractivity contribution >= 4 is 5.69 Å². The third-order valence-corrected chi connectivity index (χ3v) is 1.06. The molecule has 4 heteroatoms. The maximum Gasteiger partial charge on any atom is 0.128 e. The molecule has 0 radical (unpaired) electrons. The minimum atomic E-state index is -0.646. The smallest absolute Gasteiger partial charge is 0.128 e. The summed E-state index contributed by atoms with van der Waals surface area (Å²) in [6, 6.07) is 3.00. The van der Waals surface area contributed by atoms with E-state index in [9.17, 15) is 8.78 Å². The second-order valence-electron chi connectivity index (χ2n) is 1.93. The fourth-order valence-corrected chi connectivity index (χ4v) is 0.712. The van der Waals surface area contributed by atoms with Crippen LogP contribution >= 0.6 is 0 Å². The SMILES string of the molecule is CN=Nc1cc(F)cc(F)c1. The van der Waals surface area contributed by atoms with E-state index in [1.807, 2.05) is 0 Å². The van der Waals surface area contributed by atoms with E-state index >= 15 is 0 Å². The van der Waals surface area contributed by atoms with Gasteiger partial charge in [-0.1, -0.05) is 0 Å². The Morgan fingerprint density at radius 2 is 1.64 bits per heavy atom. The number of hydrogen-bond donors (Lipinski definition) is 0. The largest absolute Gasteiger partial charge is 0.207 e. The van der Waals surface area contributed by atoms with Crippen LogP contribution < -0.4 is 0 Å². The quantitative estimate of drug-likeness (QED) is 0.558. The highest BCUT2D eigenvalue weighted by Crippen LogP contribution is 2.15. The Kier molecular flexibility index (Phi) is 2.25. The van der Waals surface area contributed by atoms with E-state index < -0.39 is 11.6 Å². The Balaban J connectivity index is 3.08. The lowest BCUT2D eigenvalue weighted by Gasteiger charge is -1.92. The summed E-state index contributed by atoms with van der Waals surface area (Å²) in [5, 5.41) is 6.85. The van der Waals surface area contributed by atoms with Gasteiger partial charge in [0, 0.05) is 25.2 Å². The Morgan fingerprint density at radius 1 is 1.09 bits per heavy atom. The van der Waals surface area contributed by atoms with Crippen LogP contribution in [0.25, 0.3) is 0 Å². The molecule has 0 saturated carbocycles. The first kappa shape index (κ1) is 7.78. The molecule has 0 unspecified atom stereocenters. The van der Waals surface area contributed by atoms with E-state index in [2.05, 4.69) is 10.2 Å². The average molecular weight is 156 g/mol. The van der Waals surface area contributed by atoms with Crippen LogP contribution in [0, 0.1) is 11.6 Å². The Labute approximate surface area is 62.6 Å². The monoisotopic (exact) mass is 156 g/mol. The van der Waals surface area contributed by atoms with E-state index in [1.54, 1.807) is 0 Å². The van der Waals surface area contributed by atoms with Gasteiger partial charge < -0.3 is 0 Å². The molecule has 0 spiro atoms. The van der Waals surface area contributed by atoms with Crippen LogP contribution in [-0.4, -0.2) is 7.05 Å². The van der Waals surface area contributed by atoms with Crippen molar-refractivity contribution in [3.05, 3.63) is 29.8 Å². The van der Waals surface area contributed by atoms with Crippen LogP contribution in [0.5, 0.6) is 0 Å². The number of hydrogen-bond acceptors (Lipinski definition) is 2. The number of rotatable bonds is 1. The summed E-state index contributed by atoms with van der Waals surface area (Å²) in [5.74, 6) is -1.29. The first-order valence-corrected chi connectivity index (χ1v) is 2.98. The molecule has 1 aromatic carbocycles. The van der Waals surface area contributed by atoms with Crippen molar-refractivity contribution in [2.75, 3.05) is 7.05 Å². The summed E-state index contributed by atoms with van der Waals surface area (Å²) in [7, 11) is 1.43. The van der Waals surface area contributed by atoms with Crippen LogP contribution in [0.2, 0.25) is 0 Å². The standard InChI is InChI=1S/C7H6F2N2/c1-10-11-7-3-5(8)2-6(9)4-7/h2-4H,1H3. The van der Waals surface area contributed by atoms with Crippen molar-refractivity contribution < 1.29 is 8.78 Å². The molecule has 0 aliphatic carbocycles. The summed E-state index contributed by atoms with van der Waals surface area (Å²) in [4.78, 5) is 0. The van der Waals surface area contributed by atoms with Crippen molar-refractivity contribution in [1.29, 1.82) is 0 Å². The highest BCUT2D eigenvalue weighted by atomic mass is 19.1. The van der Waals surface area contributed by atoms with Gasteiger partial charge >= 0.3 is 0 Å². The molecule has 58 valence electrons. The van der Waals surface area contributed by atoms with Gasteiger partial charge in [-0.05, 0) is 0 Å². The average Bonchev–Trinajstić information content (AvgIpc) is 1.85. The molecule has 0 aliphatic rings. The van der Waals surface area contributed by atoms with Gasteiger partial charge in [-0.25, -0.2) is 8.78 Å². The van der Waals surface area contributed by atoms with Crippen molar-refractivity contribution in [3.8, 4) is 0 Å². The maximum atomic E-state index is 12.4. The fraction of sp³-hybridized carbons (Fsp3) is 0.143. The second-order valence-corrected chi connectivity index (χ2v) is 1.93. The van der Waals surface area contributed by atoms with Gasteiger partial charge in [-0.2, -0.15) is 10.2 Å². The topological polar surface area (TPSA) is 24.7 Å². The predicted molar refractivity (Wildman–Crippen MR) is 36.8 cm³/mol. The zero-order valence-corrected chi connectivity index (χ0v) is 5.88. The molecule has 0 atom stereocenters. The predicted octanol–water partition coefficient (Wildman–Crippen LogP) is 2.68. The molecule has 0 aliphatic heterocycles. The minimum absolute atomic E-state index is 0.185. The zero-order valence-electron chi connectivity index (χ0n) is 5.88. The molecular weight excluding hydrogens is 150 g/mol. The van der Waals surface area contributed by atoms with Crippen LogP contribution in [-0.2, 0) is 0 Å². The molecular formula is C7H6F2N2. The van der Waals surface area contributed by atoms with Crippen LogP contribution in [0.3, 0.4) is 0 Å². The van der Waals surface area contributed by atoms with Crippen molar-refractivity contribution in [2.45, 2.75) is 0 Å². The summed E-state index contributed by atoms with van der Waals surface area (Å²) >= 11 is 0. The Bertz CT molecular complexity index is 264. The molecule has 0 aromatic heterocycles. The normalized spacial score (nSPS) is 10.8. The highest BCUT2D eigenvalue weighted by molar-refractivity contribution is 5.36. The van der Waals surface area contributed by atoms with E-state index in [4.69, 9.17) is 0 Å². The number of azo groups is 1. The molecule has 1 rings (SSSR count). The summed E-state index contributed by atoms with van der Waals surface area (Å²) in [6.07, 6.45) is 0. The van der Waals surface area contributed by atoms with Gasteiger partial charge in [-0.15, -0.1) is 0 Å². The molecule has 0 fully saturated rings. The van der Waals surface area contributed by atoms with Crippen molar-refractivity contribution in [1.82, 2.24) is 0 Å². The lowest BCUT2D eigenvalue weighted by atomic mass is 10.3. The van der Waals surface area contributed by atoms with Gasteiger partial charge in [0.15, 0.2) is 0 Å².